The number of piperidine rings is 2. The van der Waals surface area contributed by atoms with Gasteiger partial charge in [0, 0.05) is 30.2 Å². The first-order valence-electron chi connectivity index (χ1n) is 6.99. The Bertz CT molecular complexity index is 407. The van der Waals surface area contributed by atoms with Crippen molar-refractivity contribution in [2.75, 3.05) is 0 Å². The number of nitrogens with two attached hydrogens (primary N) is 1. The minimum atomic E-state index is -0.0783. The van der Waals surface area contributed by atoms with Crippen LogP contribution in [0, 0.1) is 5.82 Å². The predicted octanol–water partition coefficient (Wildman–Crippen LogP) is 2.67. The minimum absolute atomic E-state index is 0.0783. The summed E-state index contributed by atoms with van der Waals surface area (Å²) < 4.78 is 13.7. The van der Waals surface area contributed by atoms with Crippen molar-refractivity contribution < 1.29 is 4.39 Å². The van der Waals surface area contributed by atoms with Crippen LogP contribution >= 0.6 is 0 Å². The fourth-order valence-corrected chi connectivity index (χ4v) is 3.60. The maximum absolute atomic E-state index is 13.7. The second-order valence-electron chi connectivity index (χ2n) is 5.73. The molecule has 2 saturated heterocycles. The van der Waals surface area contributed by atoms with Crippen molar-refractivity contribution >= 4 is 0 Å². The van der Waals surface area contributed by atoms with Gasteiger partial charge in [0.1, 0.15) is 5.82 Å². The third kappa shape index (κ3) is 2.29. The van der Waals surface area contributed by atoms with E-state index in [0.29, 0.717) is 18.1 Å². The van der Waals surface area contributed by atoms with Crippen LogP contribution in [0.15, 0.2) is 24.3 Å². The standard InChI is InChI=1S/C15H21FN2/c16-15-7-2-1-4-11(15)10-18-13-5-3-6-14(18)9-12(17)8-13/h1-2,4,7,12-14H,3,5-6,8-10,17H2. The van der Waals surface area contributed by atoms with Gasteiger partial charge in [0.25, 0.3) is 0 Å². The van der Waals surface area contributed by atoms with Crippen molar-refractivity contribution in [3.63, 3.8) is 0 Å². The van der Waals surface area contributed by atoms with Crippen LogP contribution in [0.5, 0.6) is 0 Å². The molecule has 0 spiro atoms. The molecule has 2 aliphatic heterocycles. The highest BCUT2D eigenvalue weighted by molar-refractivity contribution is 5.18. The van der Waals surface area contributed by atoms with Crippen molar-refractivity contribution in [2.24, 2.45) is 5.73 Å². The lowest BCUT2D eigenvalue weighted by atomic mass is 9.82. The van der Waals surface area contributed by atoms with Crippen molar-refractivity contribution in [1.82, 2.24) is 4.90 Å². The lowest BCUT2D eigenvalue weighted by molar-refractivity contribution is 0.0237. The van der Waals surface area contributed by atoms with E-state index in [-0.39, 0.29) is 5.82 Å². The van der Waals surface area contributed by atoms with Crippen molar-refractivity contribution in [1.29, 1.82) is 0 Å². The summed E-state index contributed by atoms with van der Waals surface area (Å²) >= 11 is 0. The van der Waals surface area contributed by atoms with Gasteiger partial charge in [0.2, 0.25) is 0 Å². The van der Waals surface area contributed by atoms with E-state index in [1.165, 1.54) is 19.3 Å². The number of benzene rings is 1. The first kappa shape index (κ1) is 12.1. The second-order valence-corrected chi connectivity index (χ2v) is 5.73. The molecular weight excluding hydrogens is 227 g/mol. The van der Waals surface area contributed by atoms with E-state index in [1.807, 2.05) is 12.1 Å². The van der Waals surface area contributed by atoms with Crippen molar-refractivity contribution in [3.05, 3.63) is 35.6 Å². The molecule has 3 rings (SSSR count). The summed E-state index contributed by atoms with van der Waals surface area (Å²) in [5.41, 5.74) is 6.93. The number of fused-ring (bicyclic) bond motifs is 2. The summed E-state index contributed by atoms with van der Waals surface area (Å²) in [4.78, 5) is 2.49. The topological polar surface area (TPSA) is 29.3 Å². The summed E-state index contributed by atoms with van der Waals surface area (Å²) in [5.74, 6) is -0.0783. The maximum Gasteiger partial charge on any atom is 0.127 e. The average molecular weight is 248 g/mol. The van der Waals surface area contributed by atoms with Gasteiger partial charge >= 0.3 is 0 Å². The highest BCUT2D eigenvalue weighted by atomic mass is 19.1. The van der Waals surface area contributed by atoms with Crippen LogP contribution in [0.25, 0.3) is 0 Å². The van der Waals surface area contributed by atoms with Gasteiger partial charge in [0.05, 0.1) is 0 Å². The Morgan fingerprint density at radius 3 is 2.50 bits per heavy atom. The molecule has 2 aliphatic rings. The van der Waals surface area contributed by atoms with E-state index >= 15 is 0 Å². The van der Waals surface area contributed by atoms with Gasteiger partial charge in [-0.2, -0.15) is 0 Å². The van der Waals surface area contributed by atoms with E-state index < -0.39 is 0 Å². The molecule has 98 valence electrons. The van der Waals surface area contributed by atoms with E-state index in [2.05, 4.69) is 4.90 Å². The monoisotopic (exact) mass is 248 g/mol. The smallest absolute Gasteiger partial charge is 0.127 e. The van der Waals surface area contributed by atoms with E-state index in [4.69, 9.17) is 5.73 Å². The number of hydrogen-bond donors (Lipinski definition) is 1. The third-order valence-electron chi connectivity index (χ3n) is 4.47. The van der Waals surface area contributed by atoms with Gasteiger partial charge in [-0.15, -0.1) is 0 Å². The summed E-state index contributed by atoms with van der Waals surface area (Å²) in [6, 6.07) is 8.60. The first-order chi connectivity index (χ1) is 8.74. The highest BCUT2D eigenvalue weighted by Gasteiger charge is 2.36. The maximum atomic E-state index is 13.7. The molecule has 2 N–H and O–H groups in total. The number of hydrogen-bond acceptors (Lipinski definition) is 2. The van der Waals surface area contributed by atoms with Crippen molar-refractivity contribution in [3.8, 4) is 0 Å². The van der Waals surface area contributed by atoms with E-state index in [0.717, 1.165) is 24.9 Å². The molecule has 0 saturated carbocycles. The Hall–Kier alpha value is -0.930. The zero-order chi connectivity index (χ0) is 12.5. The van der Waals surface area contributed by atoms with Gasteiger partial charge in [0.15, 0.2) is 0 Å². The lowest BCUT2D eigenvalue weighted by Gasteiger charge is -2.48. The minimum Gasteiger partial charge on any atom is -0.328 e. The number of halogens is 1. The molecule has 2 nitrogen and oxygen atoms in total. The molecule has 0 radical (unpaired) electrons. The van der Waals surface area contributed by atoms with Crippen LogP contribution in [-0.4, -0.2) is 23.0 Å². The van der Waals surface area contributed by atoms with Gasteiger partial charge < -0.3 is 5.73 Å². The zero-order valence-corrected chi connectivity index (χ0v) is 10.7. The Kier molecular flexibility index (Phi) is 3.35. The van der Waals surface area contributed by atoms with E-state index in [1.54, 1.807) is 12.1 Å². The SMILES string of the molecule is NC1CC2CCCC(C1)N2Cc1ccccc1F. The fourth-order valence-electron chi connectivity index (χ4n) is 3.60. The van der Waals surface area contributed by atoms with E-state index in [9.17, 15) is 4.39 Å². The Balaban J connectivity index is 1.78. The zero-order valence-electron chi connectivity index (χ0n) is 10.7. The molecule has 2 atom stereocenters. The predicted molar refractivity (Wildman–Crippen MR) is 70.6 cm³/mol. The van der Waals surface area contributed by atoms with Gasteiger partial charge in [-0.05, 0) is 31.7 Å². The molecule has 1 aromatic rings. The van der Waals surface area contributed by atoms with Crippen LogP contribution in [0.2, 0.25) is 0 Å². The van der Waals surface area contributed by atoms with Gasteiger partial charge in [-0.1, -0.05) is 24.6 Å². The fraction of sp³-hybridized carbons (Fsp3) is 0.600. The van der Waals surface area contributed by atoms with Gasteiger partial charge in [-0.25, -0.2) is 4.39 Å². The molecule has 18 heavy (non-hydrogen) atoms. The molecule has 3 heteroatoms. The van der Waals surface area contributed by atoms with Crippen molar-refractivity contribution in [2.45, 2.75) is 56.8 Å². The summed E-state index contributed by atoms with van der Waals surface area (Å²) in [6.45, 7) is 0.745. The first-order valence-corrected chi connectivity index (χ1v) is 6.99. The number of rotatable bonds is 2. The molecule has 0 amide bonds. The Morgan fingerprint density at radius 2 is 1.83 bits per heavy atom. The summed E-state index contributed by atoms with van der Waals surface area (Å²) in [5, 5.41) is 0. The molecule has 2 heterocycles. The second kappa shape index (κ2) is 4.98. The lowest BCUT2D eigenvalue weighted by Crippen LogP contribution is -2.54. The normalized spacial score (nSPS) is 32.4. The molecule has 0 aliphatic carbocycles. The third-order valence-corrected chi connectivity index (χ3v) is 4.47. The Labute approximate surface area is 108 Å². The molecule has 2 unspecified atom stereocenters. The molecule has 1 aromatic carbocycles. The quantitative estimate of drug-likeness (QED) is 0.872. The number of nitrogens with zero attached hydrogens (tertiary/aromatic N) is 1. The molecule has 2 fully saturated rings. The van der Waals surface area contributed by atoms with Gasteiger partial charge in [-0.3, -0.25) is 4.90 Å². The molecular formula is C15H21FN2. The van der Waals surface area contributed by atoms with Crippen LogP contribution in [-0.2, 0) is 6.54 Å². The highest BCUT2D eigenvalue weighted by Crippen LogP contribution is 2.34. The largest absolute Gasteiger partial charge is 0.328 e. The van der Waals surface area contributed by atoms with Crippen LogP contribution in [0.4, 0.5) is 4.39 Å². The average Bonchev–Trinajstić information content (AvgIpc) is 2.33. The summed E-state index contributed by atoms with van der Waals surface area (Å²) in [6.07, 6.45) is 5.89. The van der Waals surface area contributed by atoms with Crippen LogP contribution < -0.4 is 5.73 Å². The molecule has 2 bridgehead atoms. The Morgan fingerprint density at radius 1 is 1.17 bits per heavy atom. The molecule has 0 aromatic heterocycles. The van der Waals surface area contributed by atoms with Crippen LogP contribution in [0.1, 0.15) is 37.7 Å². The summed E-state index contributed by atoms with van der Waals surface area (Å²) in [7, 11) is 0. The van der Waals surface area contributed by atoms with Crippen LogP contribution in [0.3, 0.4) is 0 Å².